The molecule has 0 spiro atoms. The number of piperidine rings is 3. The highest BCUT2D eigenvalue weighted by Crippen LogP contribution is 2.49. The van der Waals surface area contributed by atoms with Crippen molar-refractivity contribution < 1.29 is 9.26 Å². The standard InChI is InChI=1S/C32H33N2O2P/c1-3-23-22-34-19-17-24(23)20-31(34)32(28-16-18-33-30-15-14-25(35-2)21-29(28)30)36-37(26-10-6-4-7-11-26)27-12-8-5-9-13-27/h3-16,18,21,23-24,31-32H,1,17,19-20,22H2,2H3/t23-,24-,31+,32-/m0/s1. The molecule has 4 nitrogen and oxygen atoms in total. The van der Waals surface area contributed by atoms with Crippen molar-refractivity contribution in [2.75, 3.05) is 20.2 Å². The summed E-state index contributed by atoms with van der Waals surface area (Å²) in [6.45, 7) is 6.31. The number of benzene rings is 3. The average molecular weight is 509 g/mol. The van der Waals surface area contributed by atoms with Crippen molar-refractivity contribution in [3.63, 3.8) is 0 Å². The van der Waals surface area contributed by atoms with E-state index in [4.69, 9.17) is 9.26 Å². The average Bonchev–Trinajstić information content (AvgIpc) is 2.98. The summed E-state index contributed by atoms with van der Waals surface area (Å²) in [5.74, 6) is 2.05. The van der Waals surface area contributed by atoms with E-state index in [0.717, 1.165) is 36.2 Å². The van der Waals surface area contributed by atoms with Gasteiger partial charge in [-0.1, -0.05) is 66.7 Å². The molecule has 37 heavy (non-hydrogen) atoms. The summed E-state index contributed by atoms with van der Waals surface area (Å²) in [7, 11) is 0.691. The molecule has 4 aromatic rings. The lowest BCUT2D eigenvalue weighted by atomic mass is 9.73. The van der Waals surface area contributed by atoms with E-state index in [0.29, 0.717) is 17.9 Å². The summed E-state index contributed by atoms with van der Waals surface area (Å²) in [6.07, 6.45) is 6.34. The number of rotatable bonds is 8. The highest BCUT2D eigenvalue weighted by atomic mass is 31.1. The number of hydrogen-bond donors (Lipinski definition) is 0. The van der Waals surface area contributed by atoms with Crippen molar-refractivity contribution in [1.82, 2.24) is 9.88 Å². The van der Waals surface area contributed by atoms with Crippen LogP contribution in [-0.4, -0.2) is 36.1 Å². The van der Waals surface area contributed by atoms with Gasteiger partial charge in [-0.3, -0.25) is 9.88 Å². The molecule has 1 aromatic heterocycles. The van der Waals surface area contributed by atoms with Crippen molar-refractivity contribution in [3.05, 3.63) is 109 Å². The van der Waals surface area contributed by atoms with E-state index >= 15 is 0 Å². The first-order chi connectivity index (χ1) is 18.2. The minimum absolute atomic E-state index is 0.0994. The zero-order valence-electron chi connectivity index (χ0n) is 21.2. The topological polar surface area (TPSA) is 34.6 Å². The zero-order valence-corrected chi connectivity index (χ0v) is 22.1. The van der Waals surface area contributed by atoms with Gasteiger partial charge in [-0.05, 0) is 61.1 Å². The summed E-state index contributed by atoms with van der Waals surface area (Å²) >= 11 is 0. The Bertz CT molecular complexity index is 1320. The smallest absolute Gasteiger partial charge is 0.119 e. The van der Waals surface area contributed by atoms with Crippen molar-refractivity contribution in [2.45, 2.75) is 25.0 Å². The molecule has 0 radical (unpaired) electrons. The fourth-order valence-electron chi connectivity index (χ4n) is 6.06. The molecule has 7 rings (SSSR count). The normalized spacial score (nSPS) is 23.7. The summed E-state index contributed by atoms with van der Waals surface area (Å²) < 4.78 is 13.0. The van der Waals surface area contributed by atoms with Gasteiger partial charge in [-0.15, -0.1) is 6.58 Å². The monoisotopic (exact) mass is 508 g/mol. The van der Waals surface area contributed by atoms with E-state index in [1.165, 1.54) is 22.6 Å². The first-order valence-electron chi connectivity index (χ1n) is 13.1. The van der Waals surface area contributed by atoms with E-state index in [2.05, 4.69) is 95.3 Å². The molecule has 5 heteroatoms. The van der Waals surface area contributed by atoms with Crippen LogP contribution in [-0.2, 0) is 4.52 Å². The second-order valence-corrected chi connectivity index (χ2v) is 11.9. The van der Waals surface area contributed by atoms with E-state index in [1.54, 1.807) is 7.11 Å². The van der Waals surface area contributed by atoms with Crippen LogP contribution in [0.4, 0.5) is 0 Å². The molecule has 2 bridgehead atoms. The van der Waals surface area contributed by atoms with Crippen molar-refractivity contribution in [2.24, 2.45) is 11.8 Å². The molecule has 3 aliphatic heterocycles. The Morgan fingerprint density at radius 3 is 2.35 bits per heavy atom. The maximum Gasteiger partial charge on any atom is 0.119 e. The Morgan fingerprint density at radius 2 is 1.73 bits per heavy atom. The van der Waals surface area contributed by atoms with Gasteiger partial charge in [0.05, 0.1) is 20.8 Å². The van der Waals surface area contributed by atoms with Gasteiger partial charge < -0.3 is 9.26 Å². The van der Waals surface area contributed by atoms with Crippen molar-refractivity contribution in [1.29, 1.82) is 0 Å². The number of pyridine rings is 1. The molecule has 5 atom stereocenters. The maximum absolute atomic E-state index is 7.38. The van der Waals surface area contributed by atoms with Gasteiger partial charge in [-0.25, -0.2) is 0 Å². The Kier molecular flexibility index (Phi) is 7.06. The molecule has 3 aromatic carbocycles. The first-order valence-corrected chi connectivity index (χ1v) is 14.4. The molecule has 188 valence electrons. The predicted molar refractivity (Wildman–Crippen MR) is 153 cm³/mol. The van der Waals surface area contributed by atoms with Crippen molar-refractivity contribution in [3.8, 4) is 5.75 Å². The van der Waals surface area contributed by atoms with Crippen LogP contribution in [0.5, 0.6) is 5.75 Å². The van der Waals surface area contributed by atoms with Gasteiger partial charge in [0.15, 0.2) is 0 Å². The molecule has 0 N–H and O–H groups in total. The third-order valence-electron chi connectivity index (χ3n) is 7.99. The molecule has 3 aliphatic rings. The Morgan fingerprint density at radius 1 is 1.00 bits per heavy atom. The molecule has 3 fully saturated rings. The fourth-order valence-corrected chi connectivity index (χ4v) is 7.97. The lowest BCUT2D eigenvalue weighted by Crippen LogP contribution is -2.55. The molecule has 0 amide bonds. The molecule has 0 aliphatic carbocycles. The van der Waals surface area contributed by atoms with Crippen LogP contribution in [0.1, 0.15) is 24.5 Å². The summed E-state index contributed by atoms with van der Waals surface area (Å²) in [6, 6.07) is 30.0. The second-order valence-electron chi connectivity index (χ2n) is 10.0. The number of methoxy groups -OCH3 is 1. The summed E-state index contributed by atoms with van der Waals surface area (Å²) in [5, 5.41) is 3.56. The van der Waals surface area contributed by atoms with Crippen LogP contribution >= 0.6 is 8.15 Å². The van der Waals surface area contributed by atoms with E-state index in [-0.39, 0.29) is 6.10 Å². The number of hydrogen-bond acceptors (Lipinski definition) is 4. The quantitative estimate of drug-likeness (QED) is 0.208. The maximum atomic E-state index is 7.38. The van der Waals surface area contributed by atoms with Crippen LogP contribution in [0.2, 0.25) is 0 Å². The number of aromatic nitrogens is 1. The Hall–Kier alpha value is -3.04. The zero-order chi connectivity index (χ0) is 25.2. The summed E-state index contributed by atoms with van der Waals surface area (Å²) in [5.41, 5.74) is 2.16. The minimum atomic E-state index is -1.03. The third-order valence-corrected chi connectivity index (χ3v) is 9.97. The van der Waals surface area contributed by atoms with Crippen molar-refractivity contribution >= 4 is 29.7 Å². The number of fused-ring (bicyclic) bond motifs is 4. The van der Waals surface area contributed by atoms with E-state index in [9.17, 15) is 0 Å². The van der Waals surface area contributed by atoms with E-state index in [1.807, 2.05) is 18.3 Å². The molecule has 3 saturated heterocycles. The van der Waals surface area contributed by atoms with Crippen LogP contribution in [0.3, 0.4) is 0 Å². The highest BCUT2D eigenvalue weighted by Gasteiger charge is 2.44. The number of ether oxygens (including phenoxy) is 1. The summed E-state index contributed by atoms with van der Waals surface area (Å²) in [4.78, 5) is 7.33. The van der Waals surface area contributed by atoms with Gasteiger partial charge in [0.1, 0.15) is 11.9 Å². The van der Waals surface area contributed by atoms with Gasteiger partial charge in [0, 0.05) is 34.8 Å². The highest BCUT2D eigenvalue weighted by molar-refractivity contribution is 7.68. The number of nitrogens with zero attached hydrogens (tertiary/aromatic N) is 2. The molecular weight excluding hydrogens is 475 g/mol. The van der Waals surface area contributed by atoms with Gasteiger partial charge in [-0.2, -0.15) is 0 Å². The third kappa shape index (κ3) is 4.82. The molecule has 4 heterocycles. The van der Waals surface area contributed by atoms with E-state index < -0.39 is 8.15 Å². The Balaban J connectivity index is 1.48. The fraction of sp³-hybridized carbons (Fsp3) is 0.281. The largest absolute Gasteiger partial charge is 0.497 e. The molecule has 0 saturated carbocycles. The molecule has 1 unspecified atom stereocenters. The van der Waals surface area contributed by atoms with Crippen LogP contribution in [0.15, 0.2) is 104 Å². The van der Waals surface area contributed by atoms with Crippen LogP contribution < -0.4 is 15.3 Å². The van der Waals surface area contributed by atoms with Gasteiger partial charge in [0.25, 0.3) is 0 Å². The first kappa shape index (κ1) is 24.3. The second kappa shape index (κ2) is 10.8. The molecular formula is C32H33N2O2P. The van der Waals surface area contributed by atoms with Crippen LogP contribution in [0.25, 0.3) is 10.9 Å². The van der Waals surface area contributed by atoms with Gasteiger partial charge >= 0.3 is 0 Å². The van der Waals surface area contributed by atoms with Gasteiger partial charge in [0.2, 0.25) is 0 Å². The lowest BCUT2D eigenvalue weighted by molar-refractivity contribution is -0.0320. The lowest BCUT2D eigenvalue weighted by Gasteiger charge is -2.51. The van der Waals surface area contributed by atoms with Crippen LogP contribution in [0, 0.1) is 11.8 Å². The Labute approximate surface area is 220 Å². The predicted octanol–water partition coefficient (Wildman–Crippen LogP) is 6.25. The minimum Gasteiger partial charge on any atom is -0.497 e. The SMILES string of the molecule is C=C[C@H]1CN2CC[C@H]1C[C@@H]2[C@@H](OP(c1ccccc1)c1ccccc1)c1ccnc2ccc(OC)cc12.